The lowest BCUT2D eigenvalue weighted by molar-refractivity contribution is -0.147. The number of unbranched alkanes of at least 4 members (excludes halogenated alkanes) is 1. The van der Waals surface area contributed by atoms with Crippen molar-refractivity contribution in [3.63, 3.8) is 0 Å². The molecule has 0 fully saturated rings. The number of allylic oxidation sites excluding steroid dienone is 5. The van der Waals surface area contributed by atoms with Gasteiger partial charge in [0, 0.05) is 18.3 Å². The van der Waals surface area contributed by atoms with Gasteiger partial charge in [-0.15, -0.1) is 0 Å². The summed E-state index contributed by atoms with van der Waals surface area (Å²) in [4.78, 5) is 23.7. The molecule has 0 saturated carbocycles. The first-order chi connectivity index (χ1) is 14.5. The third-order valence-electron chi connectivity index (χ3n) is 5.12. The van der Waals surface area contributed by atoms with E-state index in [0.717, 1.165) is 19.3 Å². The lowest BCUT2D eigenvalue weighted by Crippen LogP contribution is -2.14. The zero-order chi connectivity index (χ0) is 21.8. The topological polar surface area (TPSA) is 63.6 Å². The molecular weight excluding hydrogens is 376 g/mol. The molecule has 1 aliphatic carbocycles. The number of esters is 1. The van der Waals surface area contributed by atoms with E-state index in [2.05, 4.69) is 12.1 Å². The Morgan fingerprint density at radius 1 is 1.20 bits per heavy atom. The lowest BCUT2D eigenvalue weighted by Gasteiger charge is -2.13. The first-order valence-electron chi connectivity index (χ1n) is 10.9. The van der Waals surface area contributed by atoms with Gasteiger partial charge in [-0.05, 0) is 57.6 Å². The average molecular weight is 411 g/mol. The molecule has 1 aliphatic rings. The second kappa shape index (κ2) is 13.0. The molecule has 0 aromatic heterocycles. The Kier molecular flexibility index (Phi) is 10.3. The molecule has 0 radical (unpaired) electrons. The van der Waals surface area contributed by atoms with Gasteiger partial charge in [-0.25, -0.2) is 0 Å². The Morgan fingerprint density at radius 3 is 2.70 bits per heavy atom. The predicted octanol–water partition coefficient (Wildman–Crippen LogP) is 4.98. The van der Waals surface area contributed by atoms with Gasteiger partial charge < -0.3 is 9.84 Å². The van der Waals surface area contributed by atoms with Gasteiger partial charge in [-0.1, -0.05) is 60.7 Å². The van der Waals surface area contributed by atoms with Crippen molar-refractivity contribution in [1.29, 1.82) is 0 Å². The molecule has 0 aliphatic heterocycles. The van der Waals surface area contributed by atoms with Gasteiger partial charge in [0.2, 0.25) is 0 Å². The fourth-order valence-electron chi connectivity index (χ4n) is 3.48. The minimum atomic E-state index is -0.518. The summed E-state index contributed by atoms with van der Waals surface area (Å²) in [6.45, 7) is 3.69. The fraction of sp³-hybridized carbons (Fsp3) is 0.462. The van der Waals surface area contributed by atoms with Crippen molar-refractivity contribution in [1.82, 2.24) is 0 Å². The van der Waals surface area contributed by atoms with E-state index in [-0.39, 0.29) is 29.7 Å². The molecular formula is C26H34O4. The number of carbonyl (C=O) groups is 2. The van der Waals surface area contributed by atoms with Crippen LogP contribution >= 0.6 is 0 Å². The summed E-state index contributed by atoms with van der Waals surface area (Å²) in [7, 11) is 0. The number of aliphatic hydroxyl groups is 1. The van der Waals surface area contributed by atoms with Crippen LogP contribution in [0.25, 0.3) is 0 Å². The first-order valence-corrected chi connectivity index (χ1v) is 10.9. The van der Waals surface area contributed by atoms with E-state index in [1.807, 2.05) is 62.4 Å². The molecule has 2 rings (SSSR count). The largest absolute Gasteiger partial charge is 0.463 e. The molecule has 0 amide bonds. The van der Waals surface area contributed by atoms with Crippen LogP contribution in [0.1, 0.15) is 51.5 Å². The van der Waals surface area contributed by atoms with Crippen LogP contribution in [0.15, 0.2) is 66.8 Å². The number of hydrogen-bond acceptors (Lipinski definition) is 4. The predicted molar refractivity (Wildman–Crippen MR) is 120 cm³/mol. The number of aryl methyl sites for hydroxylation is 1. The molecule has 3 atom stereocenters. The van der Waals surface area contributed by atoms with Crippen LogP contribution in [-0.4, -0.2) is 29.1 Å². The van der Waals surface area contributed by atoms with Crippen LogP contribution in [0.5, 0.6) is 0 Å². The highest BCUT2D eigenvalue weighted by atomic mass is 16.5. The van der Waals surface area contributed by atoms with Crippen LogP contribution in [0.4, 0.5) is 0 Å². The van der Waals surface area contributed by atoms with Gasteiger partial charge in [0.05, 0.1) is 12.2 Å². The van der Waals surface area contributed by atoms with Gasteiger partial charge in [0.15, 0.2) is 5.78 Å². The molecule has 4 nitrogen and oxygen atoms in total. The van der Waals surface area contributed by atoms with E-state index in [1.165, 1.54) is 5.56 Å². The molecule has 1 aromatic carbocycles. The number of carbonyl (C=O) groups excluding carboxylic acids is 2. The zero-order valence-corrected chi connectivity index (χ0v) is 18.1. The highest BCUT2D eigenvalue weighted by Gasteiger charge is 2.27. The SMILES string of the molecule is CC(C)OC(=O)CCC/C=C/CC1C(=O)C=C[C@@H]1/C=C/[C@@H](O)CCc1ccccc1. The number of rotatable bonds is 12. The summed E-state index contributed by atoms with van der Waals surface area (Å²) in [6.07, 6.45) is 14.9. The Morgan fingerprint density at radius 2 is 1.97 bits per heavy atom. The molecule has 0 saturated heterocycles. The second-order valence-electron chi connectivity index (χ2n) is 8.06. The van der Waals surface area contributed by atoms with E-state index in [0.29, 0.717) is 19.3 Å². The maximum absolute atomic E-state index is 12.2. The second-order valence-corrected chi connectivity index (χ2v) is 8.06. The Balaban J connectivity index is 1.71. The molecule has 0 spiro atoms. The first kappa shape index (κ1) is 23.8. The van der Waals surface area contributed by atoms with E-state index in [1.54, 1.807) is 6.08 Å². The normalized spacial score (nSPS) is 19.9. The van der Waals surface area contributed by atoms with Crippen molar-refractivity contribution in [2.45, 2.75) is 64.6 Å². The van der Waals surface area contributed by atoms with Crippen molar-refractivity contribution in [2.75, 3.05) is 0 Å². The smallest absolute Gasteiger partial charge is 0.306 e. The number of aliphatic hydroxyl groups excluding tert-OH is 1. The minimum Gasteiger partial charge on any atom is -0.463 e. The highest BCUT2D eigenvalue weighted by molar-refractivity contribution is 5.95. The van der Waals surface area contributed by atoms with Crippen LogP contribution in [0.3, 0.4) is 0 Å². The van der Waals surface area contributed by atoms with Gasteiger partial charge in [-0.3, -0.25) is 9.59 Å². The fourth-order valence-corrected chi connectivity index (χ4v) is 3.48. The van der Waals surface area contributed by atoms with Crippen LogP contribution in [0, 0.1) is 11.8 Å². The summed E-state index contributed by atoms with van der Waals surface area (Å²) >= 11 is 0. The van der Waals surface area contributed by atoms with Gasteiger partial charge in [-0.2, -0.15) is 0 Å². The molecule has 1 aromatic rings. The summed E-state index contributed by atoms with van der Waals surface area (Å²) < 4.78 is 5.11. The van der Waals surface area contributed by atoms with Crippen molar-refractivity contribution >= 4 is 11.8 Å². The van der Waals surface area contributed by atoms with Crippen molar-refractivity contribution in [3.05, 3.63) is 72.4 Å². The molecule has 30 heavy (non-hydrogen) atoms. The monoisotopic (exact) mass is 410 g/mol. The molecule has 162 valence electrons. The zero-order valence-electron chi connectivity index (χ0n) is 18.1. The quantitative estimate of drug-likeness (QED) is 0.300. The van der Waals surface area contributed by atoms with E-state index in [4.69, 9.17) is 4.74 Å². The Bertz CT molecular complexity index is 746. The number of benzene rings is 1. The molecule has 1 unspecified atom stereocenters. The third-order valence-corrected chi connectivity index (χ3v) is 5.12. The molecule has 1 N–H and O–H groups in total. The van der Waals surface area contributed by atoms with Crippen LogP contribution in [0.2, 0.25) is 0 Å². The van der Waals surface area contributed by atoms with Crippen LogP contribution < -0.4 is 0 Å². The van der Waals surface area contributed by atoms with E-state index >= 15 is 0 Å². The lowest BCUT2D eigenvalue weighted by atomic mass is 9.90. The molecule has 0 bridgehead atoms. The van der Waals surface area contributed by atoms with Crippen molar-refractivity contribution < 1.29 is 19.4 Å². The number of ketones is 1. The summed E-state index contributed by atoms with van der Waals surface area (Å²) in [5.41, 5.74) is 1.21. The van der Waals surface area contributed by atoms with Crippen molar-refractivity contribution in [2.24, 2.45) is 11.8 Å². The van der Waals surface area contributed by atoms with E-state index in [9.17, 15) is 14.7 Å². The highest BCUT2D eigenvalue weighted by Crippen LogP contribution is 2.27. The molecule has 0 heterocycles. The van der Waals surface area contributed by atoms with Gasteiger partial charge >= 0.3 is 5.97 Å². The summed E-state index contributed by atoms with van der Waals surface area (Å²) in [6, 6.07) is 10.1. The third kappa shape index (κ3) is 8.91. The van der Waals surface area contributed by atoms with Gasteiger partial charge in [0.1, 0.15) is 0 Å². The summed E-state index contributed by atoms with van der Waals surface area (Å²) in [5.74, 6) is -0.113. The number of hydrogen-bond donors (Lipinski definition) is 1. The van der Waals surface area contributed by atoms with Crippen LogP contribution in [-0.2, 0) is 20.7 Å². The average Bonchev–Trinajstić information content (AvgIpc) is 3.07. The Labute approximate surface area is 180 Å². The van der Waals surface area contributed by atoms with Crippen molar-refractivity contribution in [3.8, 4) is 0 Å². The standard InChI is InChI=1S/C26H34O4/c1-20(2)30-26(29)13-9-4-3-8-12-24-22(16-19-25(24)28)15-18-23(27)17-14-21-10-6-5-7-11-21/h3,5-8,10-11,15-16,18-20,22-24,27H,4,9,12-14,17H2,1-2H3/b8-3+,18-15+/t22-,23-,24?/m0/s1. The number of ether oxygens (including phenoxy) is 1. The van der Waals surface area contributed by atoms with E-state index < -0.39 is 6.10 Å². The minimum absolute atomic E-state index is 0.0227. The molecule has 4 heteroatoms. The maximum atomic E-state index is 12.2. The van der Waals surface area contributed by atoms with Gasteiger partial charge in [0.25, 0.3) is 0 Å². The maximum Gasteiger partial charge on any atom is 0.306 e. The summed E-state index contributed by atoms with van der Waals surface area (Å²) in [5, 5.41) is 10.2. The Hall–Kier alpha value is -2.46.